The van der Waals surface area contributed by atoms with Gasteiger partial charge in [-0.2, -0.15) is 4.98 Å². The molecule has 2 aromatic heterocycles. The number of nitrogens with zero attached hydrogens (tertiary/aromatic N) is 4. The number of amides is 3. The molecule has 2 fully saturated rings. The molecule has 3 unspecified atom stereocenters. The van der Waals surface area contributed by atoms with Gasteiger partial charge in [-0.3, -0.25) is 9.78 Å². The number of nitrogens with one attached hydrogen (secondary N) is 2. The molecule has 0 radical (unpaired) electrons. The maximum absolute atomic E-state index is 13.7. The molecule has 38 heavy (non-hydrogen) atoms. The standard InChI is InChI=1S/C28H34N6O4/c1-2-37-24-12-6-5-11-22(24)31-28(36)34-15-8-4-3-7-14-30-26(35)21-16-20(17-23(21)34)27-32-25(33-38-27)19-10-9-13-29-18-19/h5-6,9-13,18,20-21,23H,2-4,7-8,14-17H2,1H3,(H,30,35)(H,31,36). The van der Waals surface area contributed by atoms with Crippen LogP contribution in [0.5, 0.6) is 5.75 Å². The predicted molar refractivity (Wildman–Crippen MR) is 142 cm³/mol. The average molecular weight is 519 g/mol. The molecule has 3 atom stereocenters. The third-order valence-corrected chi connectivity index (χ3v) is 7.29. The van der Waals surface area contributed by atoms with Crippen LogP contribution in [0.4, 0.5) is 10.5 Å². The number of anilines is 1. The third-order valence-electron chi connectivity index (χ3n) is 7.29. The van der Waals surface area contributed by atoms with Crippen molar-refractivity contribution in [3.63, 3.8) is 0 Å². The van der Waals surface area contributed by atoms with E-state index in [9.17, 15) is 9.59 Å². The summed E-state index contributed by atoms with van der Waals surface area (Å²) in [5.74, 6) is 1.03. The van der Waals surface area contributed by atoms with Crippen molar-refractivity contribution in [3.05, 3.63) is 54.7 Å². The molecule has 1 saturated heterocycles. The highest BCUT2D eigenvalue weighted by Gasteiger charge is 2.45. The summed E-state index contributed by atoms with van der Waals surface area (Å²) < 4.78 is 11.4. The molecule has 0 spiro atoms. The number of para-hydroxylation sites is 2. The van der Waals surface area contributed by atoms with Gasteiger partial charge in [0.1, 0.15) is 5.75 Å². The Labute approximate surface area is 222 Å². The summed E-state index contributed by atoms with van der Waals surface area (Å²) in [5.41, 5.74) is 1.38. The number of fused-ring (bicyclic) bond motifs is 1. The minimum absolute atomic E-state index is 0.0288. The Kier molecular flexibility index (Phi) is 8.15. The van der Waals surface area contributed by atoms with Crippen molar-refractivity contribution < 1.29 is 18.8 Å². The first-order valence-corrected chi connectivity index (χ1v) is 13.4. The number of aromatic nitrogens is 3. The van der Waals surface area contributed by atoms with Gasteiger partial charge in [0.05, 0.1) is 18.2 Å². The second-order valence-electron chi connectivity index (χ2n) is 9.80. The van der Waals surface area contributed by atoms with E-state index < -0.39 is 0 Å². The van der Waals surface area contributed by atoms with Gasteiger partial charge >= 0.3 is 6.03 Å². The molecule has 200 valence electrons. The molecule has 2 N–H and O–H groups in total. The highest BCUT2D eigenvalue weighted by Crippen LogP contribution is 2.41. The van der Waals surface area contributed by atoms with Crippen LogP contribution < -0.4 is 15.4 Å². The maximum atomic E-state index is 13.7. The van der Waals surface area contributed by atoms with Crippen LogP contribution in [0.2, 0.25) is 0 Å². The van der Waals surface area contributed by atoms with Crippen LogP contribution in [-0.4, -0.2) is 57.7 Å². The number of rotatable bonds is 5. The Bertz CT molecular complexity index is 1230. The van der Waals surface area contributed by atoms with E-state index in [1.165, 1.54) is 0 Å². The summed E-state index contributed by atoms with van der Waals surface area (Å²) in [7, 11) is 0. The number of ether oxygens (including phenoxy) is 1. The lowest BCUT2D eigenvalue weighted by molar-refractivity contribution is -0.126. The van der Waals surface area contributed by atoms with Crippen LogP contribution in [0, 0.1) is 5.92 Å². The molecule has 1 saturated carbocycles. The van der Waals surface area contributed by atoms with Gasteiger partial charge in [-0.25, -0.2) is 4.79 Å². The highest BCUT2D eigenvalue weighted by atomic mass is 16.5. The zero-order valence-corrected chi connectivity index (χ0v) is 21.6. The van der Waals surface area contributed by atoms with E-state index in [1.807, 2.05) is 48.2 Å². The van der Waals surface area contributed by atoms with Crippen molar-refractivity contribution in [3.8, 4) is 17.1 Å². The first kappa shape index (κ1) is 25.7. The van der Waals surface area contributed by atoms with Crippen molar-refractivity contribution in [2.45, 2.75) is 57.4 Å². The second kappa shape index (κ2) is 12.1. The lowest BCUT2D eigenvalue weighted by atomic mass is 10.0. The van der Waals surface area contributed by atoms with E-state index >= 15 is 0 Å². The molecule has 10 heteroatoms. The van der Waals surface area contributed by atoms with Crippen LogP contribution in [0.1, 0.15) is 57.3 Å². The lowest BCUT2D eigenvalue weighted by Gasteiger charge is -2.32. The van der Waals surface area contributed by atoms with Crippen molar-refractivity contribution in [1.29, 1.82) is 0 Å². The molecule has 10 nitrogen and oxygen atoms in total. The van der Waals surface area contributed by atoms with Gasteiger partial charge in [0, 0.05) is 43.0 Å². The first-order valence-electron chi connectivity index (χ1n) is 13.4. The Morgan fingerprint density at radius 2 is 2.03 bits per heavy atom. The minimum Gasteiger partial charge on any atom is -0.492 e. The molecule has 3 heterocycles. The van der Waals surface area contributed by atoms with Crippen molar-refractivity contribution in [2.24, 2.45) is 5.92 Å². The van der Waals surface area contributed by atoms with Crippen LogP contribution in [0.3, 0.4) is 0 Å². The van der Waals surface area contributed by atoms with Gasteiger partial charge in [-0.1, -0.05) is 30.1 Å². The van der Waals surface area contributed by atoms with Gasteiger partial charge in [-0.05, 0) is 56.9 Å². The first-order chi connectivity index (χ1) is 18.6. The fourth-order valence-electron chi connectivity index (χ4n) is 5.42. The summed E-state index contributed by atoms with van der Waals surface area (Å²) in [6.07, 6.45) is 8.28. The molecule has 0 bridgehead atoms. The summed E-state index contributed by atoms with van der Waals surface area (Å²) >= 11 is 0. The zero-order valence-electron chi connectivity index (χ0n) is 21.6. The largest absolute Gasteiger partial charge is 0.492 e. The Morgan fingerprint density at radius 1 is 1.16 bits per heavy atom. The third kappa shape index (κ3) is 5.79. The molecule has 3 aromatic rings. The lowest BCUT2D eigenvalue weighted by Crippen LogP contribution is -2.48. The summed E-state index contributed by atoms with van der Waals surface area (Å²) in [6, 6.07) is 10.6. The van der Waals surface area contributed by atoms with E-state index in [1.54, 1.807) is 12.4 Å². The van der Waals surface area contributed by atoms with Gasteiger partial charge in [0.25, 0.3) is 0 Å². The smallest absolute Gasteiger partial charge is 0.322 e. The second-order valence-corrected chi connectivity index (χ2v) is 9.80. The Balaban J connectivity index is 1.41. The van der Waals surface area contributed by atoms with Gasteiger partial charge in [0.15, 0.2) is 0 Å². The number of carbonyl (C=O) groups excluding carboxylic acids is 2. The Hall–Kier alpha value is -3.95. The molecule has 3 amide bonds. The van der Waals surface area contributed by atoms with Gasteiger partial charge in [-0.15, -0.1) is 0 Å². The molecule has 1 aliphatic carbocycles. The summed E-state index contributed by atoms with van der Waals surface area (Å²) in [4.78, 5) is 37.6. The SMILES string of the molecule is CCOc1ccccc1NC(=O)N1CCCCCCNC(=O)C2CC(c3nc(-c4cccnc4)no3)CC21. The molecule has 5 rings (SSSR count). The van der Waals surface area contributed by atoms with E-state index in [0.29, 0.717) is 55.7 Å². The number of hydrogen-bond donors (Lipinski definition) is 2. The monoisotopic (exact) mass is 518 g/mol. The normalized spacial score (nSPS) is 22.2. The van der Waals surface area contributed by atoms with E-state index in [4.69, 9.17) is 9.26 Å². The van der Waals surface area contributed by atoms with Crippen LogP contribution >= 0.6 is 0 Å². The van der Waals surface area contributed by atoms with E-state index in [2.05, 4.69) is 25.8 Å². The highest BCUT2D eigenvalue weighted by molar-refractivity contribution is 5.92. The van der Waals surface area contributed by atoms with Gasteiger partial charge in [0.2, 0.25) is 17.6 Å². The molecule has 2 aliphatic rings. The van der Waals surface area contributed by atoms with Gasteiger partial charge < -0.3 is 24.8 Å². The Morgan fingerprint density at radius 3 is 2.87 bits per heavy atom. The van der Waals surface area contributed by atoms with Crippen LogP contribution in [0.15, 0.2) is 53.3 Å². The summed E-state index contributed by atoms with van der Waals surface area (Å²) in [5, 5.41) is 10.3. The number of urea groups is 1. The molecular formula is C28H34N6O4. The molecule has 1 aliphatic heterocycles. The number of carbonyl (C=O) groups is 2. The van der Waals surface area contributed by atoms with Crippen LogP contribution in [0.25, 0.3) is 11.4 Å². The van der Waals surface area contributed by atoms with Crippen molar-refractivity contribution in [1.82, 2.24) is 25.3 Å². The molecular weight excluding hydrogens is 484 g/mol. The fourth-order valence-corrected chi connectivity index (χ4v) is 5.42. The van der Waals surface area contributed by atoms with Crippen LogP contribution in [-0.2, 0) is 4.79 Å². The number of benzene rings is 1. The topological polar surface area (TPSA) is 122 Å². The minimum atomic E-state index is -0.375. The summed E-state index contributed by atoms with van der Waals surface area (Å²) in [6.45, 7) is 3.61. The number of pyridine rings is 1. The quantitative estimate of drug-likeness (QED) is 0.505. The maximum Gasteiger partial charge on any atom is 0.322 e. The predicted octanol–water partition coefficient (Wildman–Crippen LogP) is 4.62. The zero-order chi connectivity index (χ0) is 26.3. The van der Waals surface area contributed by atoms with E-state index in [-0.39, 0.29) is 29.8 Å². The van der Waals surface area contributed by atoms with Crippen molar-refractivity contribution >= 4 is 17.6 Å². The molecule has 1 aromatic carbocycles. The fraction of sp³-hybridized carbons (Fsp3) is 0.464. The van der Waals surface area contributed by atoms with Crippen molar-refractivity contribution in [2.75, 3.05) is 25.0 Å². The average Bonchev–Trinajstić information content (AvgIpc) is 3.59. The number of hydrogen-bond acceptors (Lipinski definition) is 7. The van der Waals surface area contributed by atoms with E-state index in [0.717, 1.165) is 31.2 Å².